The van der Waals surface area contributed by atoms with Gasteiger partial charge in [0.2, 0.25) is 0 Å². The van der Waals surface area contributed by atoms with Crippen molar-refractivity contribution in [2.24, 2.45) is 0 Å². The van der Waals surface area contributed by atoms with E-state index >= 15 is 0 Å². The largest absolute Gasteiger partial charge is 0.497 e. The van der Waals surface area contributed by atoms with E-state index in [1.807, 2.05) is 109 Å². The van der Waals surface area contributed by atoms with Gasteiger partial charge in [0.05, 0.1) is 14.2 Å². The lowest BCUT2D eigenvalue weighted by Gasteiger charge is -2.26. The van der Waals surface area contributed by atoms with Crippen molar-refractivity contribution in [3.05, 3.63) is 206 Å². The Balaban J connectivity index is 1.06. The summed E-state index contributed by atoms with van der Waals surface area (Å²) in [5.74, 6) is 4.75. The molecule has 0 amide bonds. The summed E-state index contributed by atoms with van der Waals surface area (Å²) in [6, 6.07) is 69.4. The van der Waals surface area contributed by atoms with Gasteiger partial charge in [-0.15, -0.1) is 0 Å². The second kappa shape index (κ2) is 16.7. The molecule has 274 valence electrons. The maximum absolute atomic E-state index is 6.08. The van der Waals surface area contributed by atoms with Crippen LogP contribution in [0.5, 0.6) is 34.5 Å². The van der Waals surface area contributed by atoms with Crippen LogP contribution in [-0.4, -0.2) is 14.2 Å². The summed E-state index contributed by atoms with van der Waals surface area (Å²) < 4.78 is 23.1. The second-order valence-corrected chi connectivity index (χ2v) is 13.0. The van der Waals surface area contributed by atoms with E-state index in [2.05, 4.69) is 107 Å². The molecule has 0 spiro atoms. The van der Waals surface area contributed by atoms with Crippen LogP contribution in [0.25, 0.3) is 11.1 Å². The molecule has 0 saturated heterocycles. The minimum absolute atomic E-state index is 0.771. The van der Waals surface area contributed by atoms with Crippen LogP contribution >= 0.6 is 0 Å². The molecule has 0 aliphatic rings. The lowest BCUT2D eigenvalue weighted by molar-refractivity contribution is 0.414. The van der Waals surface area contributed by atoms with Crippen molar-refractivity contribution in [1.82, 2.24) is 0 Å². The minimum atomic E-state index is 0.771. The summed E-state index contributed by atoms with van der Waals surface area (Å²) in [5.41, 5.74) is 8.31. The third-order valence-electron chi connectivity index (χ3n) is 9.39. The topological polar surface area (TPSA) is 43.4 Å². The highest BCUT2D eigenvalue weighted by molar-refractivity contribution is 5.81. The van der Waals surface area contributed by atoms with Gasteiger partial charge in [0.15, 0.2) is 0 Å². The number of benzene rings is 8. The number of hydrogen-bond donors (Lipinski definition) is 0. The normalized spacial score (nSPS) is 10.7. The first kappa shape index (κ1) is 35.6. The van der Waals surface area contributed by atoms with Crippen molar-refractivity contribution >= 4 is 34.1 Å². The van der Waals surface area contributed by atoms with Gasteiger partial charge in [-0.05, 0) is 157 Å². The molecule has 6 nitrogen and oxygen atoms in total. The van der Waals surface area contributed by atoms with Gasteiger partial charge in [0.1, 0.15) is 34.5 Å². The summed E-state index contributed by atoms with van der Waals surface area (Å²) in [6.45, 7) is 0. The Kier molecular flexibility index (Phi) is 10.6. The highest BCUT2D eigenvalue weighted by atomic mass is 16.5. The molecule has 0 radical (unpaired) electrons. The molecule has 0 N–H and O–H groups in total. The van der Waals surface area contributed by atoms with Crippen molar-refractivity contribution < 1.29 is 18.9 Å². The van der Waals surface area contributed by atoms with E-state index in [9.17, 15) is 0 Å². The van der Waals surface area contributed by atoms with E-state index in [1.165, 1.54) is 0 Å². The maximum atomic E-state index is 6.08. The molecule has 0 fully saturated rings. The van der Waals surface area contributed by atoms with Gasteiger partial charge in [-0.1, -0.05) is 60.7 Å². The zero-order valence-electron chi connectivity index (χ0n) is 31.2. The van der Waals surface area contributed by atoms with Crippen LogP contribution in [0.2, 0.25) is 0 Å². The molecular formula is C50H40N2O4. The SMILES string of the molecule is COc1ccc(N(c2ccc(Oc3ccccc3)cc2)c2ccc(-c3ccc(N(c4ccc(OC)cc4)c4ccc(Oc5ccccc5)cc4)cc3)cc2)cc1. The van der Waals surface area contributed by atoms with Crippen LogP contribution in [0.4, 0.5) is 34.1 Å². The Labute approximate surface area is 328 Å². The molecular weight excluding hydrogens is 693 g/mol. The summed E-state index contributed by atoms with van der Waals surface area (Å²) in [6.07, 6.45) is 0. The molecule has 0 heterocycles. The number of hydrogen-bond acceptors (Lipinski definition) is 6. The number of nitrogens with zero attached hydrogens (tertiary/aromatic N) is 2. The summed E-state index contributed by atoms with van der Waals surface area (Å²) in [7, 11) is 3.36. The van der Waals surface area contributed by atoms with Gasteiger partial charge in [-0.2, -0.15) is 0 Å². The molecule has 6 heteroatoms. The van der Waals surface area contributed by atoms with Crippen LogP contribution in [0.15, 0.2) is 206 Å². The predicted octanol–water partition coefficient (Wildman–Crippen LogP) is 13.9. The van der Waals surface area contributed by atoms with Gasteiger partial charge in [0.25, 0.3) is 0 Å². The predicted molar refractivity (Wildman–Crippen MR) is 227 cm³/mol. The average molecular weight is 733 g/mol. The van der Waals surface area contributed by atoms with Gasteiger partial charge in [0, 0.05) is 34.1 Å². The first-order valence-electron chi connectivity index (χ1n) is 18.4. The Morgan fingerprint density at radius 2 is 0.482 bits per heavy atom. The van der Waals surface area contributed by atoms with Crippen LogP contribution in [0.1, 0.15) is 0 Å². The van der Waals surface area contributed by atoms with Crippen LogP contribution in [0, 0.1) is 0 Å². The van der Waals surface area contributed by atoms with E-state index < -0.39 is 0 Å². The molecule has 8 aromatic carbocycles. The minimum Gasteiger partial charge on any atom is -0.497 e. The molecule has 56 heavy (non-hydrogen) atoms. The number of anilines is 6. The molecule has 0 bridgehead atoms. The molecule has 0 unspecified atom stereocenters. The lowest BCUT2D eigenvalue weighted by Crippen LogP contribution is -2.10. The van der Waals surface area contributed by atoms with Crippen molar-refractivity contribution in [3.8, 4) is 45.6 Å². The number of para-hydroxylation sites is 2. The standard InChI is InChI=1S/C50H40N2O4/c1-53-45-29-21-41(22-30-45)51(43-25-33-49(34-26-43)55-47-9-5-3-6-10-47)39-17-13-37(14-18-39)38-15-19-40(20-16-38)52(42-23-31-46(54-2)32-24-42)44-27-35-50(36-28-44)56-48-11-7-4-8-12-48/h3-36H,1-2H3. The van der Waals surface area contributed by atoms with Crippen LogP contribution in [-0.2, 0) is 0 Å². The number of ether oxygens (including phenoxy) is 4. The van der Waals surface area contributed by atoms with Gasteiger partial charge >= 0.3 is 0 Å². The van der Waals surface area contributed by atoms with E-state index in [1.54, 1.807) is 14.2 Å². The zero-order chi connectivity index (χ0) is 38.1. The first-order valence-corrected chi connectivity index (χ1v) is 18.4. The Hall–Kier alpha value is -7.44. The number of methoxy groups -OCH3 is 2. The van der Waals surface area contributed by atoms with Crippen molar-refractivity contribution in [2.75, 3.05) is 24.0 Å². The molecule has 0 aliphatic heterocycles. The Bertz CT molecular complexity index is 2260. The fraction of sp³-hybridized carbons (Fsp3) is 0.0400. The van der Waals surface area contributed by atoms with Gasteiger partial charge in [-0.25, -0.2) is 0 Å². The quantitative estimate of drug-likeness (QED) is 0.118. The van der Waals surface area contributed by atoms with Crippen LogP contribution in [0.3, 0.4) is 0 Å². The second-order valence-electron chi connectivity index (χ2n) is 13.0. The van der Waals surface area contributed by atoms with Crippen LogP contribution < -0.4 is 28.7 Å². The van der Waals surface area contributed by atoms with E-state index in [0.717, 1.165) is 79.7 Å². The van der Waals surface area contributed by atoms with E-state index in [-0.39, 0.29) is 0 Å². The van der Waals surface area contributed by atoms with Crippen molar-refractivity contribution in [2.45, 2.75) is 0 Å². The molecule has 0 atom stereocenters. The highest BCUT2D eigenvalue weighted by Gasteiger charge is 2.16. The van der Waals surface area contributed by atoms with Gasteiger partial charge in [-0.3, -0.25) is 0 Å². The molecule has 0 aliphatic carbocycles. The third kappa shape index (κ3) is 8.20. The molecule has 0 aromatic heterocycles. The summed E-state index contributed by atoms with van der Waals surface area (Å²) >= 11 is 0. The Morgan fingerprint density at radius 3 is 0.750 bits per heavy atom. The first-order chi connectivity index (χ1) is 27.6. The molecule has 8 rings (SSSR count). The molecule has 8 aromatic rings. The van der Waals surface area contributed by atoms with Crippen molar-refractivity contribution in [1.29, 1.82) is 0 Å². The zero-order valence-corrected chi connectivity index (χ0v) is 31.2. The third-order valence-corrected chi connectivity index (χ3v) is 9.39. The summed E-state index contributed by atoms with van der Waals surface area (Å²) in [5, 5.41) is 0. The average Bonchev–Trinajstić information content (AvgIpc) is 3.27. The maximum Gasteiger partial charge on any atom is 0.127 e. The van der Waals surface area contributed by atoms with Crippen molar-refractivity contribution in [3.63, 3.8) is 0 Å². The smallest absolute Gasteiger partial charge is 0.127 e. The molecule has 0 saturated carbocycles. The fourth-order valence-electron chi connectivity index (χ4n) is 6.54. The monoisotopic (exact) mass is 732 g/mol. The fourth-order valence-corrected chi connectivity index (χ4v) is 6.54. The highest BCUT2D eigenvalue weighted by Crippen LogP contribution is 2.40. The lowest BCUT2D eigenvalue weighted by atomic mass is 10.0. The van der Waals surface area contributed by atoms with E-state index in [0.29, 0.717) is 0 Å². The van der Waals surface area contributed by atoms with Gasteiger partial charge < -0.3 is 28.7 Å². The Morgan fingerprint density at radius 1 is 0.250 bits per heavy atom. The number of rotatable bonds is 13. The summed E-state index contributed by atoms with van der Waals surface area (Å²) in [4.78, 5) is 4.45. The van der Waals surface area contributed by atoms with E-state index in [4.69, 9.17) is 18.9 Å².